The standard InChI is InChI=1S/C16H22N/c1-4-12-17(13-5-2,14-6-3)15-16-10-8-7-9-11-16/h4-11H,1-3,12-15H2/q+1. The van der Waals surface area contributed by atoms with Gasteiger partial charge in [0.15, 0.2) is 0 Å². The number of nitrogens with zero attached hydrogens (tertiary/aromatic N) is 1. The van der Waals surface area contributed by atoms with Gasteiger partial charge in [0.05, 0.1) is 19.6 Å². The molecule has 1 nitrogen and oxygen atoms in total. The Labute approximate surface area is 105 Å². The van der Waals surface area contributed by atoms with Crippen LogP contribution < -0.4 is 0 Å². The largest absolute Gasteiger partial charge is 0.310 e. The predicted octanol–water partition coefficient (Wildman–Crippen LogP) is 3.56. The Morgan fingerprint density at radius 2 is 1.29 bits per heavy atom. The van der Waals surface area contributed by atoms with Crippen molar-refractivity contribution >= 4 is 0 Å². The van der Waals surface area contributed by atoms with E-state index in [1.165, 1.54) is 5.56 Å². The number of hydrogen-bond donors (Lipinski definition) is 0. The fourth-order valence-electron chi connectivity index (χ4n) is 2.21. The highest BCUT2D eigenvalue weighted by atomic mass is 15.3. The molecule has 0 N–H and O–H groups in total. The summed E-state index contributed by atoms with van der Waals surface area (Å²) in [5.41, 5.74) is 1.35. The molecule has 0 radical (unpaired) electrons. The van der Waals surface area contributed by atoms with Gasteiger partial charge in [-0.05, 0) is 18.2 Å². The second-order valence-electron chi connectivity index (χ2n) is 4.40. The Hall–Kier alpha value is -1.60. The normalized spacial score (nSPS) is 10.8. The van der Waals surface area contributed by atoms with Crippen LogP contribution in [0.15, 0.2) is 68.3 Å². The van der Waals surface area contributed by atoms with Gasteiger partial charge < -0.3 is 4.48 Å². The van der Waals surface area contributed by atoms with Crippen molar-refractivity contribution in [1.29, 1.82) is 0 Å². The molecule has 0 atom stereocenters. The lowest BCUT2D eigenvalue weighted by Crippen LogP contribution is -2.47. The molecule has 0 spiro atoms. The van der Waals surface area contributed by atoms with E-state index in [1.54, 1.807) is 0 Å². The minimum absolute atomic E-state index is 0.917. The number of rotatable bonds is 8. The lowest BCUT2D eigenvalue weighted by molar-refractivity contribution is -0.924. The Kier molecular flexibility index (Phi) is 5.44. The molecule has 0 saturated heterocycles. The van der Waals surface area contributed by atoms with Crippen LogP contribution in [0, 0.1) is 0 Å². The highest BCUT2D eigenvalue weighted by molar-refractivity contribution is 5.13. The molecule has 0 bridgehead atoms. The molecule has 1 heteroatoms. The SMILES string of the molecule is C=CC[N+](CC=C)(CC=C)Cc1ccccc1. The highest BCUT2D eigenvalue weighted by Crippen LogP contribution is 2.15. The molecule has 0 amide bonds. The van der Waals surface area contributed by atoms with Crippen LogP contribution in [0.3, 0.4) is 0 Å². The van der Waals surface area contributed by atoms with E-state index in [1.807, 2.05) is 24.3 Å². The van der Waals surface area contributed by atoms with Crippen LogP contribution in [-0.4, -0.2) is 24.1 Å². The molecule has 1 rings (SSSR count). The molecule has 0 unspecified atom stereocenters. The zero-order chi connectivity index (χ0) is 12.6. The molecule has 1 aromatic carbocycles. The third kappa shape index (κ3) is 4.04. The van der Waals surface area contributed by atoms with Crippen LogP contribution in [0.5, 0.6) is 0 Å². The quantitative estimate of drug-likeness (QED) is 0.471. The Bertz CT molecular complexity index is 338. The summed E-state index contributed by atoms with van der Waals surface area (Å²) >= 11 is 0. The summed E-state index contributed by atoms with van der Waals surface area (Å²) in [7, 11) is 0. The van der Waals surface area contributed by atoms with E-state index < -0.39 is 0 Å². The van der Waals surface area contributed by atoms with Crippen molar-refractivity contribution in [2.24, 2.45) is 0 Å². The number of hydrogen-bond acceptors (Lipinski definition) is 0. The minimum Gasteiger partial charge on any atom is -0.310 e. The van der Waals surface area contributed by atoms with Crippen molar-refractivity contribution in [3.05, 3.63) is 73.9 Å². The average molecular weight is 228 g/mol. The summed E-state index contributed by atoms with van der Waals surface area (Å²) in [6.45, 7) is 15.4. The molecule has 1 aromatic rings. The maximum atomic E-state index is 3.87. The van der Waals surface area contributed by atoms with Gasteiger partial charge in [0.2, 0.25) is 0 Å². The lowest BCUT2D eigenvalue weighted by atomic mass is 10.1. The molecular formula is C16H22N+. The zero-order valence-electron chi connectivity index (χ0n) is 10.5. The molecule has 0 saturated carbocycles. The third-order valence-corrected chi connectivity index (χ3v) is 2.91. The molecule has 90 valence electrons. The van der Waals surface area contributed by atoms with Gasteiger partial charge in [0, 0.05) is 5.56 Å². The number of quaternary nitrogens is 1. The van der Waals surface area contributed by atoms with Crippen LogP contribution in [0.1, 0.15) is 5.56 Å². The molecule has 0 aromatic heterocycles. The van der Waals surface area contributed by atoms with E-state index in [4.69, 9.17) is 0 Å². The van der Waals surface area contributed by atoms with Crippen LogP contribution in [0.4, 0.5) is 0 Å². The first-order valence-electron chi connectivity index (χ1n) is 5.98. The van der Waals surface area contributed by atoms with E-state index >= 15 is 0 Å². The summed E-state index contributed by atoms with van der Waals surface area (Å²) in [5.74, 6) is 0. The average Bonchev–Trinajstić information content (AvgIpc) is 2.31. The van der Waals surface area contributed by atoms with Crippen LogP contribution in [0.2, 0.25) is 0 Å². The zero-order valence-corrected chi connectivity index (χ0v) is 10.5. The van der Waals surface area contributed by atoms with Crippen LogP contribution in [-0.2, 0) is 6.54 Å². The monoisotopic (exact) mass is 228 g/mol. The number of benzene rings is 1. The summed E-state index contributed by atoms with van der Waals surface area (Å²) < 4.78 is 0.917. The molecule has 0 heterocycles. The van der Waals surface area contributed by atoms with Gasteiger partial charge in [0.25, 0.3) is 0 Å². The van der Waals surface area contributed by atoms with Crippen molar-refractivity contribution in [3.8, 4) is 0 Å². The maximum absolute atomic E-state index is 3.87. The summed E-state index contributed by atoms with van der Waals surface area (Å²) in [5, 5.41) is 0. The fourth-order valence-corrected chi connectivity index (χ4v) is 2.21. The van der Waals surface area contributed by atoms with Crippen molar-refractivity contribution in [1.82, 2.24) is 0 Å². The van der Waals surface area contributed by atoms with Gasteiger partial charge >= 0.3 is 0 Å². The molecule has 0 aliphatic heterocycles. The van der Waals surface area contributed by atoms with Crippen LogP contribution >= 0.6 is 0 Å². The summed E-state index contributed by atoms with van der Waals surface area (Å²) in [6, 6.07) is 10.6. The molecule has 0 aliphatic rings. The van der Waals surface area contributed by atoms with Gasteiger partial charge in [-0.2, -0.15) is 0 Å². The second-order valence-corrected chi connectivity index (χ2v) is 4.40. The fraction of sp³-hybridized carbons (Fsp3) is 0.250. The van der Waals surface area contributed by atoms with E-state index in [2.05, 4.69) is 44.0 Å². The van der Waals surface area contributed by atoms with E-state index in [0.717, 1.165) is 30.7 Å². The topological polar surface area (TPSA) is 0 Å². The van der Waals surface area contributed by atoms with Crippen molar-refractivity contribution in [3.63, 3.8) is 0 Å². The summed E-state index contributed by atoms with van der Waals surface area (Å²) in [6.07, 6.45) is 5.95. The van der Waals surface area contributed by atoms with Crippen LogP contribution in [0.25, 0.3) is 0 Å². The lowest BCUT2D eigenvalue weighted by Gasteiger charge is -2.36. The van der Waals surface area contributed by atoms with Gasteiger partial charge in [0.1, 0.15) is 6.54 Å². The molecule has 17 heavy (non-hydrogen) atoms. The smallest absolute Gasteiger partial charge is 0.105 e. The Morgan fingerprint density at radius 3 is 1.71 bits per heavy atom. The highest BCUT2D eigenvalue weighted by Gasteiger charge is 2.23. The first-order valence-corrected chi connectivity index (χ1v) is 5.98. The first kappa shape index (κ1) is 13.5. The molecule has 0 fully saturated rings. The maximum Gasteiger partial charge on any atom is 0.105 e. The first-order chi connectivity index (χ1) is 8.26. The van der Waals surface area contributed by atoms with Gasteiger partial charge in [-0.1, -0.05) is 50.1 Å². The van der Waals surface area contributed by atoms with Gasteiger partial charge in [-0.15, -0.1) is 0 Å². The van der Waals surface area contributed by atoms with E-state index in [0.29, 0.717) is 0 Å². The minimum atomic E-state index is 0.917. The second kappa shape index (κ2) is 6.87. The Morgan fingerprint density at radius 1 is 0.824 bits per heavy atom. The van der Waals surface area contributed by atoms with Crippen molar-refractivity contribution in [2.75, 3.05) is 19.6 Å². The van der Waals surface area contributed by atoms with Crippen molar-refractivity contribution in [2.45, 2.75) is 6.54 Å². The van der Waals surface area contributed by atoms with Gasteiger partial charge in [-0.3, -0.25) is 0 Å². The Balaban J connectivity index is 2.90. The molecular weight excluding hydrogens is 206 g/mol. The third-order valence-electron chi connectivity index (χ3n) is 2.91. The van der Waals surface area contributed by atoms with E-state index in [9.17, 15) is 0 Å². The predicted molar refractivity (Wildman–Crippen MR) is 75.6 cm³/mol. The summed E-state index contributed by atoms with van der Waals surface area (Å²) in [4.78, 5) is 0. The van der Waals surface area contributed by atoms with Crippen molar-refractivity contribution < 1.29 is 4.48 Å². The van der Waals surface area contributed by atoms with Gasteiger partial charge in [-0.25, -0.2) is 0 Å². The van der Waals surface area contributed by atoms with E-state index in [-0.39, 0.29) is 0 Å². The molecule has 0 aliphatic carbocycles.